The van der Waals surface area contributed by atoms with E-state index >= 15 is 0 Å². The summed E-state index contributed by atoms with van der Waals surface area (Å²) < 4.78 is 65.4. The summed E-state index contributed by atoms with van der Waals surface area (Å²) in [7, 11) is -7.81. The van der Waals surface area contributed by atoms with E-state index in [1.54, 1.807) is 27.0 Å². The molecule has 5 rings (SSSR count). The van der Waals surface area contributed by atoms with Gasteiger partial charge in [0, 0.05) is 29.3 Å². The molecular weight excluding hydrogens is 910 g/mol. The van der Waals surface area contributed by atoms with Gasteiger partial charge in [-0.05, 0) is 45.0 Å². The number of rotatable bonds is 19. The van der Waals surface area contributed by atoms with Crippen LogP contribution in [0.15, 0.2) is 34.8 Å². The summed E-state index contributed by atoms with van der Waals surface area (Å²) >= 11 is 0. The number of amides is 1. The van der Waals surface area contributed by atoms with Gasteiger partial charge in [0.25, 0.3) is 0 Å². The average Bonchev–Trinajstić information content (AvgIpc) is 3.86. The first-order valence-electron chi connectivity index (χ1n) is 18.1. The van der Waals surface area contributed by atoms with E-state index < -0.39 is 106 Å². The zero-order valence-electron chi connectivity index (χ0n) is 33.1. The number of phosphoric ester groups is 2. The standard InChI is InChI=1S/C30H44N12O16P2S2/c1-30(2,3)57-29(46)38-15(7-14(62-61-4)9-37-40-33)27(44)56-23-18(55-26(22(23)43)42-13-36-21-24(32)34-12-35-25(21)42)11-53-60(50,51)58-16-8-20(41-6-5-19(31)39-28(41)45)54-17(16)10-52-59(47,48)49/h5-6,12-18,20,22-23,26,43H,7-11H2,1-4H3,(H,38,46)(H,50,51)(H2,31,39,45)(H2,32,34,35)(H2,47,48,49)/t14?,15-,16-,17+,18+,20+,22+,23+,26+/m0/s1. The molecule has 2 aliphatic heterocycles. The zero-order valence-corrected chi connectivity index (χ0v) is 36.5. The van der Waals surface area contributed by atoms with Gasteiger partial charge in [0.1, 0.15) is 59.9 Å². The third-order valence-electron chi connectivity index (χ3n) is 8.70. The second kappa shape index (κ2) is 20.6. The molecule has 0 spiro atoms. The van der Waals surface area contributed by atoms with Gasteiger partial charge in [-0.15, -0.1) is 0 Å². The minimum Gasteiger partial charge on any atom is -0.455 e. The Bertz CT molecular complexity index is 2280. The first kappa shape index (κ1) is 48.9. The third kappa shape index (κ3) is 13.2. The molecule has 2 unspecified atom stereocenters. The lowest BCUT2D eigenvalue weighted by molar-refractivity contribution is -0.159. The fourth-order valence-electron chi connectivity index (χ4n) is 6.15. The first-order valence-corrected chi connectivity index (χ1v) is 23.8. The number of nitrogen functional groups attached to an aromatic ring is 2. The van der Waals surface area contributed by atoms with Gasteiger partial charge in [-0.25, -0.2) is 38.5 Å². The molecule has 342 valence electrons. The second-order valence-corrected chi connectivity index (χ2v) is 19.8. The third-order valence-corrected chi connectivity index (χ3v) is 12.4. The quantitative estimate of drug-likeness (QED) is 0.0222. The van der Waals surface area contributed by atoms with Gasteiger partial charge in [-0.2, -0.15) is 4.98 Å². The van der Waals surface area contributed by atoms with Gasteiger partial charge in [-0.3, -0.25) is 22.7 Å². The second-order valence-electron chi connectivity index (χ2n) is 14.4. The Hall–Kier alpha value is -4.12. The number of hydrogen-bond acceptors (Lipinski definition) is 22. The van der Waals surface area contributed by atoms with Crippen LogP contribution in [-0.4, -0.2) is 134 Å². The predicted octanol–water partition coefficient (Wildman–Crippen LogP) is 1.29. The molecular formula is C30H44N12O16P2S2. The van der Waals surface area contributed by atoms with Gasteiger partial charge in [0.05, 0.1) is 19.5 Å². The highest BCUT2D eigenvalue weighted by atomic mass is 33.1. The molecule has 0 bridgehead atoms. The van der Waals surface area contributed by atoms with Crippen molar-refractivity contribution in [1.29, 1.82) is 0 Å². The number of imidazole rings is 1. The fraction of sp³-hybridized carbons (Fsp3) is 0.633. The Balaban J connectivity index is 1.41. The van der Waals surface area contributed by atoms with Gasteiger partial charge in [0.2, 0.25) is 0 Å². The maximum Gasteiger partial charge on any atom is 0.472 e. The molecule has 0 aliphatic carbocycles. The number of aliphatic hydroxyl groups excluding tert-OH is 1. The summed E-state index contributed by atoms with van der Waals surface area (Å²) in [5.74, 6) is -1.26. The Morgan fingerprint density at radius 3 is 2.52 bits per heavy atom. The molecule has 28 nitrogen and oxygen atoms in total. The van der Waals surface area contributed by atoms with Crippen LogP contribution in [0, 0.1) is 0 Å². The molecule has 10 atom stereocenters. The summed E-state index contributed by atoms with van der Waals surface area (Å²) in [6.45, 7) is 2.90. The van der Waals surface area contributed by atoms with Gasteiger partial charge >= 0.3 is 33.4 Å². The summed E-state index contributed by atoms with van der Waals surface area (Å²) in [6, 6.07) is -0.210. The largest absolute Gasteiger partial charge is 0.472 e. The number of anilines is 2. The number of hydrogen-bond donors (Lipinski definition) is 7. The monoisotopic (exact) mass is 954 g/mol. The van der Waals surface area contributed by atoms with Gasteiger partial charge in [0.15, 0.2) is 23.8 Å². The minimum atomic E-state index is -5.26. The Morgan fingerprint density at radius 1 is 1.13 bits per heavy atom. The highest BCUT2D eigenvalue weighted by molar-refractivity contribution is 8.76. The van der Waals surface area contributed by atoms with Crippen LogP contribution in [0.25, 0.3) is 21.6 Å². The number of nitrogens with two attached hydrogens (primary N) is 2. The number of carbonyl (C=O) groups excluding carboxylic acids is 2. The summed E-state index contributed by atoms with van der Waals surface area (Å²) in [5, 5.41) is 17.2. The molecule has 0 radical (unpaired) electrons. The van der Waals surface area contributed by atoms with E-state index in [2.05, 4.69) is 39.8 Å². The lowest BCUT2D eigenvalue weighted by Gasteiger charge is -2.27. The number of azide groups is 1. The van der Waals surface area contributed by atoms with E-state index in [9.17, 15) is 43.3 Å². The van der Waals surface area contributed by atoms with Crippen molar-refractivity contribution < 1.29 is 71.0 Å². The normalized spacial score (nSPS) is 24.8. The van der Waals surface area contributed by atoms with E-state index in [1.165, 1.54) is 44.7 Å². The number of aliphatic hydroxyl groups is 1. The molecule has 5 heterocycles. The van der Waals surface area contributed by atoms with Crippen molar-refractivity contribution in [2.24, 2.45) is 5.11 Å². The zero-order chi connectivity index (χ0) is 45.6. The smallest absolute Gasteiger partial charge is 0.455 e. The molecule has 9 N–H and O–H groups in total. The number of carbonyl (C=O) groups is 2. The van der Waals surface area contributed by atoms with Crippen molar-refractivity contribution in [2.45, 2.75) is 93.5 Å². The molecule has 2 fully saturated rings. The number of aromatic nitrogens is 6. The summed E-state index contributed by atoms with van der Waals surface area (Å²) in [6.07, 6.45) is -7.01. The van der Waals surface area contributed by atoms with E-state index in [1.807, 2.05) is 0 Å². The van der Waals surface area contributed by atoms with Crippen molar-refractivity contribution in [3.8, 4) is 0 Å². The SMILES string of the molecule is CSSC(CN=[N+]=[N-])C[C@H](NC(=O)OC(C)(C)C)C(=O)O[C@H]1[C@@H](O)[C@H](n2cnc3c(N)ncnc32)O[C@@H]1COP(=O)(O)O[C@H]1C[C@H](n2ccc(N)nc2=O)O[C@@H]1COP(=O)(O)O. The molecule has 0 aromatic carbocycles. The molecule has 1 amide bonds. The Kier molecular flexibility index (Phi) is 16.2. The summed E-state index contributed by atoms with van der Waals surface area (Å²) in [4.78, 5) is 87.6. The van der Waals surface area contributed by atoms with Crippen molar-refractivity contribution in [1.82, 2.24) is 34.4 Å². The molecule has 2 saturated heterocycles. The molecule has 0 saturated carbocycles. The van der Waals surface area contributed by atoms with Crippen LogP contribution in [0.5, 0.6) is 0 Å². The Labute approximate surface area is 358 Å². The van der Waals surface area contributed by atoms with Crippen LogP contribution in [0.4, 0.5) is 16.4 Å². The molecule has 2 aliphatic rings. The van der Waals surface area contributed by atoms with Gasteiger partial charge in [-0.1, -0.05) is 26.7 Å². The fourth-order valence-corrected chi connectivity index (χ4v) is 9.36. The number of fused-ring (bicyclic) bond motifs is 1. The van der Waals surface area contributed by atoms with Crippen LogP contribution < -0.4 is 22.5 Å². The average molecular weight is 955 g/mol. The highest BCUT2D eigenvalue weighted by Crippen LogP contribution is 2.50. The number of alkyl carbamates (subject to hydrolysis) is 1. The predicted molar refractivity (Wildman–Crippen MR) is 216 cm³/mol. The molecule has 32 heteroatoms. The number of nitrogens with zero attached hydrogens (tertiary/aromatic N) is 9. The van der Waals surface area contributed by atoms with Crippen molar-refractivity contribution in [3.05, 3.63) is 45.8 Å². The molecule has 3 aromatic heterocycles. The maximum atomic E-state index is 14.0. The minimum absolute atomic E-state index is 0.0166. The van der Waals surface area contributed by atoms with Crippen molar-refractivity contribution >= 4 is 72.1 Å². The van der Waals surface area contributed by atoms with Crippen LogP contribution in [0.3, 0.4) is 0 Å². The van der Waals surface area contributed by atoms with E-state index in [0.29, 0.717) is 0 Å². The maximum absolute atomic E-state index is 14.0. The van der Waals surface area contributed by atoms with E-state index in [-0.39, 0.29) is 42.2 Å². The topological polar surface area (TPSA) is 405 Å². The van der Waals surface area contributed by atoms with Gasteiger partial charge < -0.3 is 55.5 Å². The molecule has 62 heavy (non-hydrogen) atoms. The number of ether oxygens (including phenoxy) is 4. The number of phosphoric acid groups is 2. The number of esters is 1. The van der Waals surface area contributed by atoms with Crippen LogP contribution in [-0.2, 0) is 46.4 Å². The lowest BCUT2D eigenvalue weighted by Crippen LogP contribution is -2.48. The highest BCUT2D eigenvalue weighted by Gasteiger charge is 2.50. The lowest BCUT2D eigenvalue weighted by atomic mass is 10.1. The van der Waals surface area contributed by atoms with Crippen LogP contribution >= 0.6 is 37.2 Å². The van der Waals surface area contributed by atoms with E-state index in [0.717, 1.165) is 10.9 Å². The van der Waals surface area contributed by atoms with E-state index in [4.69, 9.17) is 45.0 Å². The summed E-state index contributed by atoms with van der Waals surface area (Å²) in [5.41, 5.74) is 18.8. The Morgan fingerprint density at radius 2 is 1.85 bits per heavy atom. The van der Waals surface area contributed by atoms with Crippen LogP contribution in [0.2, 0.25) is 0 Å². The first-order chi connectivity index (χ1) is 29.1. The van der Waals surface area contributed by atoms with Crippen molar-refractivity contribution in [3.63, 3.8) is 0 Å². The molecule has 3 aromatic rings. The van der Waals surface area contributed by atoms with Crippen molar-refractivity contribution in [2.75, 3.05) is 37.5 Å². The number of nitrogens with one attached hydrogen (secondary N) is 1. The van der Waals surface area contributed by atoms with Crippen LogP contribution in [0.1, 0.15) is 46.1 Å².